The van der Waals surface area contributed by atoms with Gasteiger partial charge in [-0.25, -0.2) is 0 Å². The van der Waals surface area contributed by atoms with Gasteiger partial charge in [-0.1, -0.05) is 30.7 Å². The van der Waals surface area contributed by atoms with Gasteiger partial charge in [-0.15, -0.1) is 12.4 Å². The van der Waals surface area contributed by atoms with Crippen molar-refractivity contribution >= 4 is 29.7 Å². The fourth-order valence-corrected chi connectivity index (χ4v) is 3.51. The van der Waals surface area contributed by atoms with E-state index >= 15 is 0 Å². The van der Waals surface area contributed by atoms with Crippen molar-refractivity contribution in [3.05, 3.63) is 47.5 Å². The van der Waals surface area contributed by atoms with Crippen molar-refractivity contribution < 1.29 is 19.7 Å². The van der Waals surface area contributed by atoms with Crippen LogP contribution in [0.5, 0.6) is 17.2 Å². The highest BCUT2D eigenvalue weighted by Crippen LogP contribution is 2.34. The molecule has 0 aliphatic carbocycles. The average molecular weight is 459 g/mol. The minimum absolute atomic E-state index is 0. The topological polar surface area (TPSA) is 88.5 Å². The van der Waals surface area contributed by atoms with E-state index in [9.17, 15) is 0 Å². The van der Waals surface area contributed by atoms with Crippen molar-refractivity contribution in [1.29, 1.82) is 0 Å². The summed E-state index contributed by atoms with van der Waals surface area (Å²) in [6, 6.07) is 13.6. The van der Waals surface area contributed by atoms with Crippen molar-refractivity contribution in [2.24, 2.45) is 11.7 Å². The maximum atomic E-state index is 5.79. The van der Waals surface area contributed by atoms with Gasteiger partial charge in [0.2, 0.25) is 0 Å². The lowest BCUT2D eigenvalue weighted by molar-refractivity contribution is 0.0969. The van der Waals surface area contributed by atoms with E-state index in [0.29, 0.717) is 29.7 Å². The lowest BCUT2D eigenvalue weighted by Crippen LogP contribution is -2.35. The molecule has 2 aliphatic rings. The average Bonchev–Trinajstić information content (AvgIpc) is 2.74. The van der Waals surface area contributed by atoms with E-state index in [1.165, 1.54) is 18.5 Å². The third kappa shape index (κ3) is 6.84. The van der Waals surface area contributed by atoms with Crippen LogP contribution in [0.25, 0.3) is 0 Å². The number of hydrogen-bond donors (Lipinski definition) is 1. The van der Waals surface area contributed by atoms with E-state index in [1.54, 1.807) is 25.3 Å². The molecule has 30 heavy (non-hydrogen) atoms. The van der Waals surface area contributed by atoms with E-state index < -0.39 is 0 Å². The number of para-hydroxylation sites is 2. The van der Waals surface area contributed by atoms with Crippen LogP contribution in [0.15, 0.2) is 42.5 Å². The number of rotatable bonds is 3. The highest BCUT2D eigenvalue weighted by Gasteiger charge is 2.19. The van der Waals surface area contributed by atoms with Crippen molar-refractivity contribution in [3.63, 3.8) is 0 Å². The summed E-state index contributed by atoms with van der Waals surface area (Å²) in [4.78, 5) is 2.43. The molecule has 0 amide bonds. The number of piperidine rings is 1. The summed E-state index contributed by atoms with van der Waals surface area (Å²) in [5.41, 5.74) is 6.70. The molecular formula is C22H32Cl2N2O4. The van der Waals surface area contributed by atoms with Crippen LogP contribution in [0.2, 0.25) is 5.02 Å². The Bertz CT molecular complexity index is 771. The van der Waals surface area contributed by atoms with E-state index in [2.05, 4.69) is 24.0 Å². The Morgan fingerprint density at radius 1 is 1.13 bits per heavy atom. The van der Waals surface area contributed by atoms with Gasteiger partial charge in [-0.05, 0) is 43.0 Å². The van der Waals surface area contributed by atoms with Crippen LogP contribution in [-0.2, 0) is 0 Å². The van der Waals surface area contributed by atoms with Crippen LogP contribution < -0.4 is 24.8 Å². The molecule has 1 unspecified atom stereocenters. The molecule has 2 aromatic rings. The number of nitrogens with two attached hydrogens (primary N) is 1. The van der Waals surface area contributed by atoms with E-state index in [1.807, 2.05) is 12.1 Å². The third-order valence-corrected chi connectivity index (χ3v) is 5.33. The van der Waals surface area contributed by atoms with Crippen molar-refractivity contribution in [2.75, 3.05) is 38.3 Å². The largest absolute Gasteiger partial charge is 0.495 e. The fraction of sp³-hybridized carbons (Fsp3) is 0.455. The summed E-state index contributed by atoms with van der Waals surface area (Å²) < 4.78 is 16.3. The second-order valence-corrected chi connectivity index (χ2v) is 7.66. The Hall–Kier alpha value is -1.86. The van der Waals surface area contributed by atoms with Crippen LogP contribution in [0.3, 0.4) is 0 Å². The van der Waals surface area contributed by atoms with Crippen LogP contribution in [0, 0.1) is 5.92 Å². The summed E-state index contributed by atoms with van der Waals surface area (Å²) in [7, 11) is 1.74. The minimum Gasteiger partial charge on any atom is -0.495 e. The zero-order chi connectivity index (χ0) is 19.9. The third-order valence-electron chi connectivity index (χ3n) is 5.10. The van der Waals surface area contributed by atoms with Gasteiger partial charge < -0.3 is 30.3 Å². The molecule has 0 radical (unpaired) electrons. The van der Waals surface area contributed by atoms with Crippen molar-refractivity contribution in [2.45, 2.75) is 25.9 Å². The molecule has 2 heterocycles. The summed E-state index contributed by atoms with van der Waals surface area (Å²) in [5.74, 6) is 3.27. The summed E-state index contributed by atoms with van der Waals surface area (Å²) >= 11 is 5.79. The first-order valence-corrected chi connectivity index (χ1v) is 10.2. The predicted octanol–water partition coefficient (Wildman–Crippen LogP) is 3.97. The van der Waals surface area contributed by atoms with Crippen molar-refractivity contribution in [3.8, 4) is 17.2 Å². The van der Waals surface area contributed by atoms with Gasteiger partial charge in [0.25, 0.3) is 0 Å². The zero-order valence-corrected chi connectivity index (χ0v) is 19.0. The molecule has 1 atom stereocenters. The van der Waals surface area contributed by atoms with Crippen LogP contribution >= 0.6 is 24.0 Å². The normalized spacial score (nSPS) is 17.6. The van der Waals surface area contributed by atoms with Gasteiger partial charge in [0, 0.05) is 30.7 Å². The number of ether oxygens (including phenoxy) is 3. The molecule has 1 saturated heterocycles. The summed E-state index contributed by atoms with van der Waals surface area (Å²) in [6.07, 6.45) is 2.53. The number of nitrogens with zero attached hydrogens (tertiary/aromatic N) is 1. The first-order valence-electron chi connectivity index (χ1n) is 9.77. The maximum absolute atomic E-state index is 5.79. The lowest BCUT2D eigenvalue weighted by atomic mass is 9.99. The van der Waals surface area contributed by atoms with Crippen LogP contribution in [-0.4, -0.2) is 44.9 Å². The molecule has 8 heteroatoms. The molecule has 0 spiro atoms. The quantitative estimate of drug-likeness (QED) is 0.751. The molecule has 2 aromatic carbocycles. The SMILES string of the molecule is COc1ccccc1N1CCC(C)CC1.Cl.NCC1COc2cc(Cl)ccc2O1.O. The summed E-state index contributed by atoms with van der Waals surface area (Å²) in [5, 5.41) is 0.647. The van der Waals surface area contributed by atoms with Gasteiger partial charge >= 0.3 is 0 Å². The standard InChI is InChI=1S/C13H19NO.C9H10ClNO2.ClH.H2O/c1-11-7-9-14(10-8-11)12-5-3-4-6-13(12)15-2;10-6-1-2-8-9(3-6)12-5-7(4-11)13-8;;/h3-6,11H,7-10H2,1-2H3;1-3,7H,4-5,11H2;1H;1H2. The molecule has 1 fully saturated rings. The van der Waals surface area contributed by atoms with E-state index in [4.69, 9.17) is 31.5 Å². The Balaban J connectivity index is 0.000000284. The molecule has 4 rings (SSSR count). The Labute approximate surface area is 190 Å². The second-order valence-electron chi connectivity index (χ2n) is 7.22. The fourth-order valence-electron chi connectivity index (χ4n) is 3.35. The van der Waals surface area contributed by atoms with Gasteiger partial charge in [0.05, 0.1) is 12.8 Å². The lowest BCUT2D eigenvalue weighted by Gasteiger charge is -2.32. The summed E-state index contributed by atoms with van der Waals surface area (Å²) in [6.45, 7) is 5.59. The number of anilines is 1. The highest BCUT2D eigenvalue weighted by atomic mass is 35.5. The first-order chi connectivity index (χ1) is 13.6. The number of fused-ring (bicyclic) bond motifs is 1. The van der Waals surface area contributed by atoms with Crippen LogP contribution in [0.1, 0.15) is 19.8 Å². The molecule has 0 saturated carbocycles. The number of methoxy groups -OCH3 is 1. The Kier molecular flexibility index (Phi) is 11.1. The maximum Gasteiger partial charge on any atom is 0.162 e. The molecule has 2 aliphatic heterocycles. The number of benzene rings is 2. The van der Waals surface area contributed by atoms with Gasteiger partial charge in [0.1, 0.15) is 18.5 Å². The van der Waals surface area contributed by atoms with Gasteiger partial charge in [-0.2, -0.15) is 0 Å². The van der Waals surface area contributed by atoms with Gasteiger partial charge in [-0.3, -0.25) is 0 Å². The van der Waals surface area contributed by atoms with E-state index in [-0.39, 0.29) is 24.0 Å². The molecule has 4 N–H and O–H groups in total. The Morgan fingerprint density at radius 2 is 1.83 bits per heavy atom. The number of halogens is 2. The Morgan fingerprint density at radius 3 is 2.50 bits per heavy atom. The molecule has 6 nitrogen and oxygen atoms in total. The van der Waals surface area contributed by atoms with Gasteiger partial charge in [0.15, 0.2) is 11.5 Å². The molecule has 168 valence electrons. The second kappa shape index (κ2) is 12.7. The van der Waals surface area contributed by atoms with Crippen molar-refractivity contribution in [1.82, 2.24) is 0 Å². The minimum atomic E-state index is -0.0475. The highest BCUT2D eigenvalue weighted by molar-refractivity contribution is 6.30. The molecule has 0 bridgehead atoms. The monoisotopic (exact) mass is 458 g/mol. The molecule has 0 aromatic heterocycles. The van der Waals surface area contributed by atoms with E-state index in [0.717, 1.165) is 24.8 Å². The predicted molar refractivity (Wildman–Crippen MR) is 125 cm³/mol. The zero-order valence-electron chi connectivity index (χ0n) is 17.5. The molecular weight excluding hydrogens is 427 g/mol. The van der Waals surface area contributed by atoms with Crippen LogP contribution in [0.4, 0.5) is 5.69 Å². The number of hydrogen-bond acceptors (Lipinski definition) is 5. The smallest absolute Gasteiger partial charge is 0.162 e. The first kappa shape index (κ1) is 26.2.